The van der Waals surface area contributed by atoms with Gasteiger partial charge in [-0.25, -0.2) is 0 Å². The third-order valence-electron chi connectivity index (χ3n) is 4.46. The number of ether oxygens (including phenoxy) is 1. The molecule has 1 saturated heterocycles. The number of benzene rings is 1. The highest BCUT2D eigenvalue weighted by molar-refractivity contribution is 5.76. The summed E-state index contributed by atoms with van der Waals surface area (Å²) >= 11 is 0. The van der Waals surface area contributed by atoms with Crippen LogP contribution in [0.2, 0.25) is 0 Å². The minimum atomic E-state index is -0.561. The van der Waals surface area contributed by atoms with Gasteiger partial charge in [0.25, 0.3) is 0 Å². The molecular weight excluding hydrogens is 292 g/mol. The highest BCUT2D eigenvalue weighted by Gasteiger charge is 2.22. The van der Waals surface area contributed by atoms with E-state index in [0.717, 1.165) is 31.7 Å². The normalized spacial score (nSPS) is 17.2. The van der Waals surface area contributed by atoms with Crippen LogP contribution in [0.3, 0.4) is 0 Å². The first kappa shape index (κ1) is 17.6. The minimum Gasteiger partial charge on any atom is -0.497 e. The second kappa shape index (κ2) is 8.20. The van der Waals surface area contributed by atoms with E-state index in [4.69, 9.17) is 4.74 Å². The number of carbonyl (C=O) groups is 1. The topological polar surface area (TPSA) is 61.8 Å². The fourth-order valence-electron chi connectivity index (χ4n) is 2.79. The van der Waals surface area contributed by atoms with Crippen LogP contribution in [0.1, 0.15) is 33.1 Å². The molecule has 1 heterocycles. The Bertz CT molecular complexity index is 493. The van der Waals surface area contributed by atoms with Crippen LogP contribution in [0, 0.1) is 5.92 Å². The van der Waals surface area contributed by atoms with Crippen molar-refractivity contribution in [1.82, 2.24) is 5.32 Å². The Morgan fingerprint density at radius 3 is 2.43 bits per heavy atom. The van der Waals surface area contributed by atoms with Gasteiger partial charge in [0.2, 0.25) is 5.91 Å². The second-order valence-electron chi connectivity index (χ2n) is 6.54. The SMILES string of the molecule is COc1ccc(N2CCC(NC(=O)CC(O)C(C)C)CC2)cc1. The number of hydrogen-bond acceptors (Lipinski definition) is 4. The number of aliphatic hydroxyl groups excluding tert-OH is 1. The van der Waals surface area contributed by atoms with Gasteiger partial charge in [-0.15, -0.1) is 0 Å². The van der Waals surface area contributed by atoms with Crippen LogP contribution in [0.4, 0.5) is 5.69 Å². The molecule has 0 radical (unpaired) electrons. The summed E-state index contributed by atoms with van der Waals surface area (Å²) in [6.45, 7) is 5.69. The molecule has 5 nitrogen and oxygen atoms in total. The molecule has 1 aliphatic rings. The molecule has 0 aromatic heterocycles. The van der Waals surface area contributed by atoms with Crippen LogP contribution in [0.25, 0.3) is 0 Å². The summed E-state index contributed by atoms with van der Waals surface area (Å²) in [5.41, 5.74) is 1.19. The Morgan fingerprint density at radius 2 is 1.91 bits per heavy atom. The van der Waals surface area contributed by atoms with Gasteiger partial charge in [0.15, 0.2) is 0 Å². The first-order valence-electron chi connectivity index (χ1n) is 8.36. The maximum absolute atomic E-state index is 11.9. The number of anilines is 1. The monoisotopic (exact) mass is 320 g/mol. The van der Waals surface area contributed by atoms with Crippen LogP contribution in [0.5, 0.6) is 5.75 Å². The zero-order valence-electron chi connectivity index (χ0n) is 14.3. The Balaban J connectivity index is 1.78. The molecule has 2 N–H and O–H groups in total. The van der Waals surface area contributed by atoms with E-state index in [1.807, 2.05) is 26.0 Å². The quantitative estimate of drug-likeness (QED) is 0.843. The Kier molecular flexibility index (Phi) is 6.28. The van der Waals surface area contributed by atoms with Crippen LogP contribution >= 0.6 is 0 Å². The summed E-state index contributed by atoms with van der Waals surface area (Å²) in [4.78, 5) is 14.3. The van der Waals surface area contributed by atoms with Gasteiger partial charge in [-0.3, -0.25) is 4.79 Å². The molecule has 1 aliphatic heterocycles. The van der Waals surface area contributed by atoms with E-state index in [-0.39, 0.29) is 24.3 Å². The minimum absolute atomic E-state index is 0.0471. The van der Waals surface area contributed by atoms with Crippen molar-refractivity contribution in [1.29, 1.82) is 0 Å². The summed E-state index contributed by atoms with van der Waals surface area (Å²) in [6, 6.07) is 8.27. The number of methoxy groups -OCH3 is 1. The Morgan fingerprint density at radius 1 is 1.30 bits per heavy atom. The van der Waals surface area contributed by atoms with E-state index in [0.29, 0.717) is 0 Å². The van der Waals surface area contributed by atoms with Crippen molar-refractivity contribution in [2.45, 2.75) is 45.3 Å². The summed E-state index contributed by atoms with van der Waals surface area (Å²) in [7, 11) is 1.67. The van der Waals surface area contributed by atoms with Crippen LogP contribution < -0.4 is 15.0 Å². The zero-order valence-corrected chi connectivity index (χ0v) is 14.3. The van der Waals surface area contributed by atoms with E-state index in [1.54, 1.807) is 7.11 Å². The molecule has 1 amide bonds. The average molecular weight is 320 g/mol. The van der Waals surface area contributed by atoms with E-state index < -0.39 is 6.10 Å². The lowest BCUT2D eigenvalue weighted by atomic mass is 10.0. The molecule has 1 aromatic rings. The van der Waals surface area contributed by atoms with E-state index in [2.05, 4.69) is 22.3 Å². The number of amides is 1. The lowest BCUT2D eigenvalue weighted by Crippen LogP contribution is -2.45. The largest absolute Gasteiger partial charge is 0.497 e. The van der Waals surface area contributed by atoms with Gasteiger partial charge in [0, 0.05) is 24.8 Å². The number of nitrogens with one attached hydrogen (secondary N) is 1. The zero-order chi connectivity index (χ0) is 16.8. The molecule has 0 aliphatic carbocycles. The molecule has 1 fully saturated rings. The maximum Gasteiger partial charge on any atom is 0.222 e. The van der Waals surface area contributed by atoms with E-state index in [1.165, 1.54) is 5.69 Å². The summed E-state index contributed by atoms with van der Waals surface area (Å²) in [5, 5.41) is 12.8. The number of aliphatic hydroxyl groups is 1. The van der Waals surface area contributed by atoms with Gasteiger partial charge in [-0.1, -0.05) is 13.8 Å². The van der Waals surface area contributed by atoms with Gasteiger partial charge >= 0.3 is 0 Å². The third-order valence-corrected chi connectivity index (χ3v) is 4.46. The van der Waals surface area contributed by atoms with Gasteiger partial charge in [0.05, 0.1) is 19.6 Å². The number of carbonyl (C=O) groups excluding carboxylic acids is 1. The molecular formula is C18H28N2O3. The predicted octanol–water partition coefficient (Wildman–Crippen LogP) is 2.19. The van der Waals surface area contributed by atoms with Crippen LogP contribution in [0.15, 0.2) is 24.3 Å². The highest BCUT2D eigenvalue weighted by atomic mass is 16.5. The highest BCUT2D eigenvalue weighted by Crippen LogP contribution is 2.23. The summed E-state index contributed by atoms with van der Waals surface area (Å²) in [6.07, 6.45) is 1.48. The number of piperidine rings is 1. The molecule has 2 rings (SSSR count). The first-order chi connectivity index (χ1) is 11.0. The molecule has 23 heavy (non-hydrogen) atoms. The smallest absolute Gasteiger partial charge is 0.222 e. The number of nitrogens with zero attached hydrogens (tertiary/aromatic N) is 1. The van der Waals surface area contributed by atoms with Gasteiger partial charge in [-0.05, 0) is 43.0 Å². The molecule has 5 heteroatoms. The number of hydrogen-bond donors (Lipinski definition) is 2. The van der Waals surface area contributed by atoms with Crippen molar-refractivity contribution in [2.75, 3.05) is 25.1 Å². The van der Waals surface area contributed by atoms with Crippen molar-refractivity contribution in [2.24, 2.45) is 5.92 Å². The van der Waals surface area contributed by atoms with Crippen molar-refractivity contribution in [3.8, 4) is 5.75 Å². The predicted molar refractivity (Wildman–Crippen MR) is 91.8 cm³/mol. The third kappa shape index (κ3) is 5.13. The average Bonchev–Trinajstić information content (AvgIpc) is 2.55. The van der Waals surface area contributed by atoms with Gasteiger partial charge < -0.3 is 20.1 Å². The fourth-order valence-corrected chi connectivity index (χ4v) is 2.79. The van der Waals surface area contributed by atoms with Gasteiger partial charge in [-0.2, -0.15) is 0 Å². The second-order valence-corrected chi connectivity index (χ2v) is 6.54. The standard InChI is InChI=1S/C18H28N2O3/c1-13(2)17(21)12-18(22)19-14-8-10-20(11-9-14)15-4-6-16(23-3)7-5-15/h4-7,13-14,17,21H,8-12H2,1-3H3,(H,19,22). The maximum atomic E-state index is 11.9. The molecule has 0 spiro atoms. The molecule has 1 atom stereocenters. The van der Waals surface area contributed by atoms with Gasteiger partial charge in [0.1, 0.15) is 5.75 Å². The van der Waals surface area contributed by atoms with Crippen molar-refractivity contribution in [3.63, 3.8) is 0 Å². The fraction of sp³-hybridized carbons (Fsp3) is 0.611. The van der Waals surface area contributed by atoms with E-state index >= 15 is 0 Å². The number of rotatable bonds is 6. The molecule has 1 aromatic carbocycles. The Labute approximate surface area is 138 Å². The van der Waals surface area contributed by atoms with Crippen LogP contribution in [-0.4, -0.2) is 43.4 Å². The molecule has 1 unspecified atom stereocenters. The molecule has 128 valence electrons. The first-order valence-corrected chi connectivity index (χ1v) is 8.36. The van der Waals surface area contributed by atoms with E-state index in [9.17, 15) is 9.90 Å². The lowest BCUT2D eigenvalue weighted by molar-refractivity contribution is -0.124. The molecule has 0 saturated carbocycles. The Hall–Kier alpha value is -1.75. The van der Waals surface area contributed by atoms with Crippen molar-refractivity contribution < 1.29 is 14.6 Å². The summed E-state index contributed by atoms with van der Waals surface area (Å²) in [5.74, 6) is 0.923. The van der Waals surface area contributed by atoms with Crippen LogP contribution in [-0.2, 0) is 4.79 Å². The molecule has 0 bridgehead atoms. The lowest BCUT2D eigenvalue weighted by Gasteiger charge is -2.34. The van der Waals surface area contributed by atoms with Crippen molar-refractivity contribution in [3.05, 3.63) is 24.3 Å². The van der Waals surface area contributed by atoms with Crippen molar-refractivity contribution >= 4 is 11.6 Å². The summed E-state index contributed by atoms with van der Waals surface area (Å²) < 4.78 is 5.18.